The number of halogens is 1. The van der Waals surface area contributed by atoms with E-state index in [0.29, 0.717) is 29.7 Å². The van der Waals surface area contributed by atoms with Crippen LogP contribution in [0.5, 0.6) is 0 Å². The second-order valence-corrected chi connectivity index (χ2v) is 7.01. The van der Waals surface area contributed by atoms with Gasteiger partial charge < -0.3 is 14.5 Å². The number of hydrogen-bond donors (Lipinski definition) is 0. The maximum Gasteiger partial charge on any atom is 0.168 e. The summed E-state index contributed by atoms with van der Waals surface area (Å²) in [5.41, 5.74) is 3.38. The van der Waals surface area contributed by atoms with Crippen molar-refractivity contribution >= 4 is 11.4 Å². The standard InChI is InChI=1S/C18H23FN4O/c1-10-7-23-13(8-21(10)4)9-24-18-12(3)22(5)16-14(17(18)23)6-20-11(2)15(16)19/h6,10,13H,3,7-9H2,1-2,4-5H3. The Hall–Kier alpha value is -2.08. The monoisotopic (exact) mass is 330 g/mol. The van der Waals surface area contributed by atoms with Gasteiger partial charge in [-0.05, 0) is 20.9 Å². The zero-order valence-electron chi connectivity index (χ0n) is 14.6. The van der Waals surface area contributed by atoms with Gasteiger partial charge in [-0.1, -0.05) is 6.58 Å². The van der Waals surface area contributed by atoms with E-state index in [2.05, 4.69) is 35.3 Å². The number of piperazine rings is 1. The third kappa shape index (κ3) is 1.99. The van der Waals surface area contributed by atoms with Crippen molar-refractivity contribution in [2.75, 3.05) is 38.7 Å². The molecule has 3 aliphatic heterocycles. The zero-order valence-corrected chi connectivity index (χ0v) is 14.6. The Morgan fingerprint density at radius 3 is 2.83 bits per heavy atom. The lowest BCUT2D eigenvalue weighted by atomic mass is 9.96. The number of pyridine rings is 1. The number of anilines is 1. The summed E-state index contributed by atoms with van der Waals surface area (Å²) in [6.45, 7) is 10.5. The van der Waals surface area contributed by atoms with Crippen molar-refractivity contribution in [3.63, 3.8) is 0 Å². The molecule has 2 unspecified atom stereocenters. The van der Waals surface area contributed by atoms with Crippen LogP contribution in [-0.4, -0.2) is 60.7 Å². The molecule has 0 saturated carbocycles. The van der Waals surface area contributed by atoms with Gasteiger partial charge in [-0.2, -0.15) is 0 Å². The summed E-state index contributed by atoms with van der Waals surface area (Å²) >= 11 is 0. The van der Waals surface area contributed by atoms with Gasteiger partial charge in [0, 0.05) is 37.9 Å². The molecule has 3 aliphatic rings. The van der Waals surface area contributed by atoms with Gasteiger partial charge in [0.2, 0.25) is 0 Å². The van der Waals surface area contributed by atoms with Crippen molar-refractivity contribution in [1.29, 1.82) is 0 Å². The second kappa shape index (κ2) is 5.21. The van der Waals surface area contributed by atoms with E-state index in [9.17, 15) is 4.39 Å². The predicted octanol–water partition coefficient (Wildman–Crippen LogP) is 2.20. The molecule has 24 heavy (non-hydrogen) atoms. The van der Waals surface area contributed by atoms with Crippen molar-refractivity contribution in [1.82, 2.24) is 14.8 Å². The van der Waals surface area contributed by atoms with Gasteiger partial charge in [-0.3, -0.25) is 9.88 Å². The highest BCUT2D eigenvalue weighted by atomic mass is 19.1. The van der Waals surface area contributed by atoms with Crippen LogP contribution in [0.15, 0.2) is 24.2 Å². The minimum absolute atomic E-state index is 0.262. The summed E-state index contributed by atoms with van der Waals surface area (Å²) in [5.74, 6) is 0.468. The Morgan fingerprint density at radius 2 is 2.08 bits per heavy atom. The van der Waals surface area contributed by atoms with E-state index in [1.54, 1.807) is 18.0 Å². The molecule has 6 heteroatoms. The molecule has 0 aromatic carbocycles. The van der Waals surface area contributed by atoms with Gasteiger partial charge in [0.05, 0.1) is 28.8 Å². The molecule has 2 atom stereocenters. The first-order chi connectivity index (χ1) is 11.4. The number of fused-ring (bicyclic) bond motifs is 4. The molecule has 5 nitrogen and oxygen atoms in total. The molecule has 0 N–H and O–H groups in total. The van der Waals surface area contributed by atoms with Gasteiger partial charge in [-0.25, -0.2) is 4.39 Å². The first-order valence-electron chi connectivity index (χ1n) is 8.32. The van der Waals surface area contributed by atoms with Crippen LogP contribution >= 0.6 is 0 Å². The fraction of sp³-hybridized carbons (Fsp3) is 0.500. The molecular formula is C18H23FN4O. The number of aromatic nitrogens is 1. The number of ether oxygens (including phenoxy) is 1. The Labute approximate surface area is 142 Å². The molecule has 4 rings (SSSR count). The zero-order chi connectivity index (χ0) is 17.2. The predicted molar refractivity (Wildman–Crippen MR) is 91.9 cm³/mol. The third-order valence-corrected chi connectivity index (χ3v) is 5.50. The molecule has 4 heterocycles. The van der Waals surface area contributed by atoms with E-state index in [4.69, 9.17) is 4.74 Å². The minimum atomic E-state index is -0.285. The molecule has 1 saturated heterocycles. The van der Waals surface area contributed by atoms with E-state index < -0.39 is 0 Å². The molecule has 0 spiro atoms. The lowest BCUT2D eigenvalue weighted by Crippen LogP contribution is -2.58. The Balaban J connectivity index is 1.90. The third-order valence-electron chi connectivity index (χ3n) is 5.50. The van der Waals surface area contributed by atoms with Gasteiger partial charge in [0.1, 0.15) is 6.61 Å². The average Bonchev–Trinajstić information content (AvgIpc) is 2.55. The second-order valence-electron chi connectivity index (χ2n) is 7.01. The summed E-state index contributed by atoms with van der Waals surface area (Å²) in [5, 5.41) is 0. The number of hydrogen-bond acceptors (Lipinski definition) is 5. The molecule has 1 aromatic rings. The highest BCUT2D eigenvalue weighted by Crippen LogP contribution is 2.45. The van der Waals surface area contributed by atoms with Crippen LogP contribution < -0.4 is 4.90 Å². The van der Waals surface area contributed by atoms with Crippen LogP contribution in [-0.2, 0) is 4.74 Å². The van der Waals surface area contributed by atoms with Crippen molar-refractivity contribution in [2.45, 2.75) is 25.9 Å². The fourth-order valence-electron chi connectivity index (χ4n) is 3.83. The molecule has 0 aliphatic carbocycles. The highest BCUT2D eigenvalue weighted by molar-refractivity contribution is 5.85. The van der Waals surface area contributed by atoms with Crippen molar-refractivity contribution in [2.24, 2.45) is 0 Å². The molecule has 1 aromatic heterocycles. The van der Waals surface area contributed by atoms with Crippen LogP contribution in [0.2, 0.25) is 0 Å². The first-order valence-corrected chi connectivity index (χ1v) is 8.32. The van der Waals surface area contributed by atoms with Gasteiger partial charge in [-0.15, -0.1) is 0 Å². The number of nitrogens with zero attached hydrogens (tertiary/aromatic N) is 4. The Kier molecular flexibility index (Phi) is 3.35. The van der Waals surface area contributed by atoms with E-state index in [-0.39, 0.29) is 11.9 Å². The van der Waals surface area contributed by atoms with Gasteiger partial charge in [0.15, 0.2) is 11.6 Å². The fourth-order valence-corrected chi connectivity index (χ4v) is 3.83. The minimum Gasteiger partial charge on any atom is -0.487 e. The van der Waals surface area contributed by atoms with Crippen LogP contribution in [0.4, 0.5) is 10.1 Å². The summed E-state index contributed by atoms with van der Waals surface area (Å²) in [6, 6.07) is 0.686. The number of likely N-dealkylation sites (N-methyl/N-ethyl adjacent to an activating group) is 2. The van der Waals surface area contributed by atoms with E-state index in [1.165, 1.54) is 0 Å². The molecular weight excluding hydrogens is 307 g/mol. The van der Waals surface area contributed by atoms with Crippen LogP contribution in [0.3, 0.4) is 0 Å². The molecule has 1 fully saturated rings. The molecule has 0 amide bonds. The SMILES string of the molecule is C=C1C2=C(c3cnc(C)c(F)c3N1C)N1CC(C)N(C)CC1CO2. The number of aryl methyl sites for hydroxylation is 1. The largest absolute Gasteiger partial charge is 0.487 e. The first kappa shape index (κ1) is 15.4. The smallest absolute Gasteiger partial charge is 0.168 e. The van der Waals surface area contributed by atoms with Crippen molar-refractivity contribution in [3.05, 3.63) is 41.3 Å². The summed E-state index contributed by atoms with van der Waals surface area (Å²) < 4.78 is 20.9. The Morgan fingerprint density at radius 1 is 1.33 bits per heavy atom. The summed E-state index contributed by atoms with van der Waals surface area (Å²) in [6.07, 6.45) is 1.76. The Bertz CT molecular complexity index is 760. The maximum absolute atomic E-state index is 14.8. The van der Waals surface area contributed by atoms with Crippen molar-refractivity contribution in [3.8, 4) is 0 Å². The lowest BCUT2D eigenvalue weighted by molar-refractivity contribution is 0.0281. The topological polar surface area (TPSA) is 31.8 Å². The van der Waals surface area contributed by atoms with Gasteiger partial charge >= 0.3 is 0 Å². The van der Waals surface area contributed by atoms with Crippen molar-refractivity contribution < 1.29 is 9.13 Å². The van der Waals surface area contributed by atoms with E-state index in [1.807, 2.05) is 7.05 Å². The van der Waals surface area contributed by atoms with E-state index in [0.717, 1.165) is 30.1 Å². The normalized spacial score (nSPS) is 26.8. The molecule has 0 radical (unpaired) electrons. The van der Waals surface area contributed by atoms with Crippen LogP contribution in [0.25, 0.3) is 5.70 Å². The van der Waals surface area contributed by atoms with E-state index >= 15 is 0 Å². The van der Waals surface area contributed by atoms with Crippen LogP contribution in [0, 0.1) is 12.7 Å². The molecule has 128 valence electrons. The summed E-state index contributed by atoms with van der Waals surface area (Å²) in [7, 11) is 3.97. The lowest BCUT2D eigenvalue weighted by Gasteiger charge is -2.50. The maximum atomic E-state index is 14.8. The average molecular weight is 330 g/mol. The van der Waals surface area contributed by atoms with Crippen LogP contribution in [0.1, 0.15) is 18.2 Å². The molecule has 0 bridgehead atoms. The summed E-state index contributed by atoms with van der Waals surface area (Å²) in [4.78, 5) is 10.7. The highest BCUT2D eigenvalue weighted by Gasteiger charge is 2.42. The number of rotatable bonds is 0. The van der Waals surface area contributed by atoms with Gasteiger partial charge in [0.25, 0.3) is 0 Å². The quantitative estimate of drug-likeness (QED) is 0.728.